The maximum atomic E-state index is 13.5. The summed E-state index contributed by atoms with van der Waals surface area (Å²) in [6.45, 7) is 6.70. The number of amides is 2. The van der Waals surface area contributed by atoms with Gasteiger partial charge in [0.05, 0.1) is 11.8 Å². The monoisotopic (exact) mass is 496 g/mol. The van der Waals surface area contributed by atoms with Gasteiger partial charge in [-0.25, -0.2) is 21.2 Å². The number of carbonyl (C=O) groups is 2. The number of carbonyl (C=O) groups excluding carboxylic acids is 2. The van der Waals surface area contributed by atoms with Crippen molar-refractivity contribution in [1.82, 2.24) is 18.7 Å². The zero-order valence-electron chi connectivity index (χ0n) is 19.6. The van der Waals surface area contributed by atoms with Crippen LogP contribution < -0.4 is 0 Å². The average Bonchev–Trinajstić information content (AvgIpc) is 3.17. The molecule has 0 aliphatic carbocycles. The van der Waals surface area contributed by atoms with Gasteiger partial charge in [0.1, 0.15) is 5.69 Å². The lowest BCUT2D eigenvalue weighted by Gasteiger charge is -2.37. The second kappa shape index (κ2) is 8.92. The van der Waals surface area contributed by atoms with Gasteiger partial charge in [0, 0.05) is 69.1 Å². The topological polar surface area (TPSA) is 82.9 Å². The summed E-state index contributed by atoms with van der Waals surface area (Å²) in [5.74, 6) is -3.59. The Labute approximate surface area is 198 Å². The summed E-state index contributed by atoms with van der Waals surface area (Å²) in [5.41, 5.74) is 0.569. The minimum Gasteiger partial charge on any atom is -0.337 e. The Bertz CT molecular complexity index is 1210. The van der Waals surface area contributed by atoms with E-state index in [4.69, 9.17) is 0 Å². The lowest BCUT2D eigenvalue weighted by molar-refractivity contribution is -0.0495. The lowest BCUT2D eigenvalue weighted by Crippen LogP contribution is -2.50. The van der Waals surface area contributed by atoms with Crippen LogP contribution in [0.25, 0.3) is 10.9 Å². The van der Waals surface area contributed by atoms with E-state index in [0.29, 0.717) is 30.1 Å². The maximum absolute atomic E-state index is 13.5. The van der Waals surface area contributed by atoms with Crippen LogP contribution in [0, 0.1) is 0 Å². The highest BCUT2D eigenvalue weighted by molar-refractivity contribution is 7.89. The van der Waals surface area contributed by atoms with Gasteiger partial charge in [-0.2, -0.15) is 0 Å². The van der Waals surface area contributed by atoms with Crippen molar-refractivity contribution in [1.29, 1.82) is 0 Å². The van der Waals surface area contributed by atoms with Gasteiger partial charge in [-0.1, -0.05) is 0 Å². The molecule has 0 unspecified atom stereocenters. The van der Waals surface area contributed by atoms with Crippen LogP contribution in [0.1, 0.15) is 47.5 Å². The highest BCUT2D eigenvalue weighted by atomic mass is 32.2. The van der Waals surface area contributed by atoms with Gasteiger partial charge in [-0.05, 0) is 38.1 Å². The molecule has 0 spiro atoms. The molecule has 2 aromatic rings. The number of piperidine rings is 1. The minimum atomic E-state index is -3.87. The summed E-state index contributed by atoms with van der Waals surface area (Å²) in [6, 6.07) is 6.52. The van der Waals surface area contributed by atoms with Crippen LogP contribution in [0.4, 0.5) is 8.78 Å². The highest BCUT2D eigenvalue weighted by Gasteiger charge is 2.37. The molecule has 2 aliphatic rings. The number of hydrogen-bond donors (Lipinski definition) is 0. The number of aromatic nitrogens is 1. The first kappa shape index (κ1) is 24.6. The molecule has 0 saturated carbocycles. The predicted molar refractivity (Wildman–Crippen MR) is 125 cm³/mol. The second-order valence-electron chi connectivity index (χ2n) is 9.40. The van der Waals surface area contributed by atoms with Crippen LogP contribution in [-0.4, -0.2) is 96.4 Å². The summed E-state index contributed by atoms with van der Waals surface area (Å²) in [6.07, 6.45) is 0.0714. The number of nitrogens with zero attached hydrogens (tertiary/aromatic N) is 4. The number of hydrogen-bond acceptors (Lipinski definition) is 5. The number of piperazine rings is 1. The summed E-state index contributed by atoms with van der Waals surface area (Å²) in [5, 5.41) is 0.433. The van der Waals surface area contributed by atoms with Gasteiger partial charge < -0.3 is 9.80 Å². The van der Waals surface area contributed by atoms with E-state index in [2.05, 4.69) is 18.7 Å². The van der Waals surface area contributed by atoms with Crippen LogP contribution in [0.5, 0.6) is 0 Å². The van der Waals surface area contributed by atoms with Gasteiger partial charge in [-0.3, -0.25) is 14.5 Å². The van der Waals surface area contributed by atoms with Crippen molar-refractivity contribution in [3.63, 3.8) is 0 Å². The van der Waals surface area contributed by atoms with Gasteiger partial charge >= 0.3 is 0 Å². The number of alkyl halides is 2. The van der Waals surface area contributed by atoms with E-state index in [-0.39, 0.29) is 30.2 Å². The Hall–Kier alpha value is -2.53. The van der Waals surface area contributed by atoms with E-state index < -0.39 is 34.7 Å². The van der Waals surface area contributed by atoms with Gasteiger partial charge in [-0.15, -0.1) is 0 Å². The molecule has 0 radical (unpaired) electrons. The van der Waals surface area contributed by atoms with Crippen molar-refractivity contribution >= 4 is 32.7 Å². The van der Waals surface area contributed by atoms with Crippen molar-refractivity contribution < 1.29 is 26.8 Å². The van der Waals surface area contributed by atoms with Crippen LogP contribution in [0.15, 0.2) is 24.3 Å². The van der Waals surface area contributed by atoms with E-state index in [1.54, 1.807) is 17.0 Å². The Balaban J connectivity index is 1.64. The molecule has 1 aromatic carbocycles. The molecule has 2 amide bonds. The first-order valence-corrected chi connectivity index (χ1v) is 13.3. The molecule has 34 heavy (non-hydrogen) atoms. The van der Waals surface area contributed by atoms with Crippen LogP contribution in [0.3, 0.4) is 0 Å². The van der Waals surface area contributed by atoms with E-state index in [9.17, 15) is 26.8 Å². The first-order valence-electron chi connectivity index (χ1n) is 11.4. The Morgan fingerprint density at radius 1 is 0.912 bits per heavy atom. The lowest BCUT2D eigenvalue weighted by atomic mass is 10.1. The molecule has 4 rings (SSSR count). The number of rotatable bonds is 4. The summed E-state index contributed by atoms with van der Waals surface area (Å²) < 4.78 is 53.1. The SMILES string of the molecule is CC(C)N1CCN(C(=O)c2ccc3c(c2)cc(C(=O)N2CCC(F)(F)CC2)n3S(C)(=O)=O)CC1. The van der Waals surface area contributed by atoms with Crippen LogP contribution in [-0.2, 0) is 10.0 Å². The molecule has 3 heterocycles. The fourth-order valence-corrected chi connectivity index (χ4v) is 5.66. The van der Waals surface area contributed by atoms with Crippen molar-refractivity contribution in [2.75, 3.05) is 45.5 Å². The third kappa shape index (κ3) is 4.81. The molecule has 186 valence electrons. The zero-order valence-corrected chi connectivity index (χ0v) is 20.4. The normalized spacial score (nSPS) is 19.7. The van der Waals surface area contributed by atoms with E-state index in [1.807, 2.05) is 0 Å². The van der Waals surface area contributed by atoms with Crippen LogP contribution in [0.2, 0.25) is 0 Å². The maximum Gasteiger partial charge on any atom is 0.271 e. The Morgan fingerprint density at radius 3 is 2.06 bits per heavy atom. The van der Waals surface area contributed by atoms with E-state index in [0.717, 1.165) is 23.3 Å². The third-order valence-electron chi connectivity index (χ3n) is 6.67. The Morgan fingerprint density at radius 2 is 1.50 bits per heavy atom. The molecule has 2 aliphatic heterocycles. The van der Waals surface area contributed by atoms with E-state index in [1.165, 1.54) is 17.0 Å². The third-order valence-corrected chi connectivity index (χ3v) is 7.73. The second-order valence-corrected chi connectivity index (χ2v) is 11.2. The van der Waals surface area contributed by atoms with Crippen molar-refractivity contribution in [3.05, 3.63) is 35.5 Å². The number of fused-ring (bicyclic) bond motifs is 1. The molecule has 8 nitrogen and oxygen atoms in total. The summed E-state index contributed by atoms with van der Waals surface area (Å²) >= 11 is 0. The van der Waals surface area contributed by atoms with Crippen molar-refractivity contribution in [2.24, 2.45) is 0 Å². The smallest absolute Gasteiger partial charge is 0.271 e. The molecule has 0 N–H and O–H groups in total. The molecule has 0 atom stereocenters. The molecular formula is C23H30F2N4O4S. The van der Waals surface area contributed by atoms with Crippen molar-refractivity contribution in [3.8, 4) is 0 Å². The summed E-state index contributed by atoms with van der Waals surface area (Å²) in [7, 11) is -3.87. The van der Waals surface area contributed by atoms with Gasteiger partial charge in [0.15, 0.2) is 0 Å². The average molecular weight is 497 g/mol. The fourth-order valence-electron chi connectivity index (χ4n) is 4.65. The molecule has 0 bridgehead atoms. The number of halogens is 2. The quantitative estimate of drug-likeness (QED) is 0.650. The van der Waals surface area contributed by atoms with Crippen LogP contribution >= 0.6 is 0 Å². The molecule has 2 saturated heterocycles. The standard InChI is InChI=1S/C23H30F2N4O4S/c1-16(2)26-10-12-28(13-11-26)21(30)17-4-5-19-18(14-17)15-20(29(19)34(3,32)33)22(31)27-8-6-23(24,25)7-9-27/h4-5,14-16H,6-13H2,1-3H3. The molecule has 11 heteroatoms. The highest BCUT2D eigenvalue weighted by Crippen LogP contribution is 2.30. The number of likely N-dealkylation sites (tertiary alicyclic amines) is 1. The van der Waals surface area contributed by atoms with Gasteiger partial charge in [0.2, 0.25) is 10.0 Å². The molecular weight excluding hydrogens is 466 g/mol. The molecule has 1 aromatic heterocycles. The number of benzene rings is 1. The predicted octanol–water partition coefficient (Wildman–Crippen LogP) is 2.49. The first-order chi connectivity index (χ1) is 15.9. The Kier molecular flexibility index (Phi) is 6.45. The minimum absolute atomic E-state index is 0.113. The molecule has 2 fully saturated rings. The van der Waals surface area contributed by atoms with Gasteiger partial charge in [0.25, 0.3) is 17.7 Å². The van der Waals surface area contributed by atoms with Crippen molar-refractivity contribution in [2.45, 2.75) is 38.7 Å². The largest absolute Gasteiger partial charge is 0.337 e. The zero-order chi connectivity index (χ0) is 24.8. The summed E-state index contributed by atoms with van der Waals surface area (Å²) in [4.78, 5) is 31.5. The fraction of sp³-hybridized carbons (Fsp3) is 0.565. The van der Waals surface area contributed by atoms with E-state index >= 15 is 0 Å².